The van der Waals surface area contributed by atoms with Crippen molar-refractivity contribution in [1.29, 1.82) is 0 Å². The monoisotopic (exact) mass is 397 g/mol. The molecule has 1 amide bonds. The minimum Gasteiger partial charge on any atom is -0.383 e. The molecule has 0 aromatic carbocycles. The van der Waals surface area contributed by atoms with Crippen LogP contribution in [0.3, 0.4) is 0 Å². The van der Waals surface area contributed by atoms with Crippen LogP contribution in [0.1, 0.15) is 39.5 Å². The highest BCUT2D eigenvalue weighted by atomic mass is 35.5. The Morgan fingerprint density at radius 1 is 1.08 bits per heavy atom. The van der Waals surface area contributed by atoms with Gasteiger partial charge in [0.1, 0.15) is 0 Å². The predicted molar refractivity (Wildman–Crippen MR) is 108 cm³/mol. The van der Waals surface area contributed by atoms with E-state index in [2.05, 4.69) is 24.1 Å². The van der Waals surface area contributed by atoms with Crippen LogP contribution in [0.4, 0.5) is 0 Å². The zero-order valence-corrected chi connectivity index (χ0v) is 17.7. The Bertz CT molecular complexity index is 356. The minimum atomic E-state index is 0. The van der Waals surface area contributed by atoms with Crippen LogP contribution in [0.25, 0.3) is 0 Å². The van der Waals surface area contributed by atoms with Crippen LogP contribution in [0.5, 0.6) is 0 Å². The molecular formula is C18H37Cl2N3O2. The van der Waals surface area contributed by atoms with Gasteiger partial charge in [0.25, 0.3) is 0 Å². The fraction of sp³-hybridized carbons (Fsp3) is 0.944. The molecule has 0 aromatic rings. The topological polar surface area (TPSA) is 44.8 Å². The molecular weight excluding hydrogens is 361 g/mol. The van der Waals surface area contributed by atoms with Crippen LogP contribution in [-0.4, -0.2) is 74.7 Å². The number of ether oxygens (including phenoxy) is 1. The highest BCUT2D eigenvalue weighted by molar-refractivity contribution is 5.85. The van der Waals surface area contributed by atoms with Crippen molar-refractivity contribution in [2.24, 2.45) is 11.8 Å². The molecule has 2 rings (SSSR count). The van der Waals surface area contributed by atoms with Gasteiger partial charge in [0.15, 0.2) is 0 Å². The van der Waals surface area contributed by atoms with E-state index in [1.54, 1.807) is 7.11 Å². The molecule has 1 aliphatic heterocycles. The predicted octanol–water partition coefficient (Wildman–Crippen LogP) is 2.43. The summed E-state index contributed by atoms with van der Waals surface area (Å²) in [5.41, 5.74) is 0. The summed E-state index contributed by atoms with van der Waals surface area (Å²) in [6.45, 7) is 10.4. The molecule has 0 unspecified atom stereocenters. The highest BCUT2D eigenvalue weighted by Crippen LogP contribution is 2.32. The zero-order valence-electron chi connectivity index (χ0n) is 16.0. The number of piperazine rings is 1. The number of carbonyl (C=O) groups is 1. The Labute approximate surface area is 166 Å². The van der Waals surface area contributed by atoms with Crippen LogP contribution in [0.15, 0.2) is 0 Å². The van der Waals surface area contributed by atoms with Crippen LogP contribution in [-0.2, 0) is 9.53 Å². The molecule has 25 heavy (non-hydrogen) atoms. The lowest BCUT2D eigenvalue weighted by Crippen LogP contribution is -2.54. The number of nitrogens with zero attached hydrogens (tertiary/aromatic N) is 2. The standard InChI is InChI=1S/C18H35N3O2.2ClH/c1-15(2)16-4-6-17(7-5-16)20-9-11-21(12-10-20)18(22)14-19-8-13-23-3;;/h15-17,19H,4-14H2,1-3H3;2*1H. The Kier molecular flexibility index (Phi) is 13.1. The second-order valence-electron chi connectivity index (χ2n) is 7.40. The van der Waals surface area contributed by atoms with E-state index in [0.29, 0.717) is 13.2 Å². The zero-order chi connectivity index (χ0) is 16.7. The number of nitrogens with one attached hydrogen (secondary N) is 1. The van der Waals surface area contributed by atoms with Gasteiger partial charge in [-0.3, -0.25) is 9.69 Å². The van der Waals surface area contributed by atoms with E-state index in [0.717, 1.165) is 50.6 Å². The second kappa shape index (κ2) is 13.2. The van der Waals surface area contributed by atoms with E-state index in [1.165, 1.54) is 25.7 Å². The van der Waals surface area contributed by atoms with Gasteiger partial charge in [-0.2, -0.15) is 0 Å². The van der Waals surface area contributed by atoms with E-state index < -0.39 is 0 Å². The Balaban J connectivity index is 0.00000288. The van der Waals surface area contributed by atoms with Gasteiger partial charge in [-0.25, -0.2) is 0 Å². The van der Waals surface area contributed by atoms with E-state index in [-0.39, 0.29) is 30.7 Å². The molecule has 1 heterocycles. The van der Waals surface area contributed by atoms with Crippen molar-refractivity contribution in [3.8, 4) is 0 Å². The van der Waals surface area contributed by atoms with Crippen molar-refractivity contribution < 1.29 is 9.53 Å². The summed E-state index contributed by atoms with van der Waals surface area (Å²) in [5, 5.41) is 3.14. The fourth-order valence-corrected chi connectivity index (χ4v) is 3.95. The summed E-state index contributed by atoms with van der Waals surface area (Å²) in [5.74, 6) is 1.98. The molecule has 0 bridgehead atoms. The fourth-order valence-electron chi connectivity index (χ4n) is 3.95. The van der Waals surface area contributed by atoms with E-state index >= 15 is 0 Å². The summed E-state index contributed by atoms with van der Waals surface area (Å²) in [7, 11) is 1.68. The molecule has 5 nitrogen and oxygen atoms in total. The number of methoxy groups -OCH3 is 1. The summed E-state index contributed by atoms with van der Waals surface area (Å²) in [4.78, 5) is 16.8. The number of hydrogen-bond acceptors (Lipinski definition) is 4. The first-order chi connectivity index (χ1) is 11.1. The Hall–Kier alpha value is -0.0700. The molecule has 1 aliphatic carbocycles. The van der Waals surface area contributed by atoms with Crippen molar-refractivity contribution in [1.82, 2.24) is 15.1 Å². The summed E-state index contributed by atoms with van der Waals surface area (Å²) in [6.07, 6.45) is 5.44. The van der Waals surface area contributed by atoms with Gasteiger partial charge in [0.2, 0.25) is 5.91 Å². The number of carbonyl (C=O) groups excluding carboxylic acids is 1. The van der Waals surface area contributed by atoms with Gasteiger partial charge in [0.05, 0.1) is 13.2 Å². The van der Waals surface area contributed by atoms with E-state index in [9.17, 15) is 4.79 Å². The van der Waals surface area contributed by atoms with Crippen molar-refractivity contribution >= 4 is 30.7 Å². The van der Waals surface area contributed by atoms with Gasteiger partial charge >= 0.3 is 0 Å². The molecule has 1 saturated heterocycles. The van der Waals surface area contributed by atoms with Crippen molar-refractivity contribution in [2.45, 2.75) is 45.6 Å². The number of rotatable bonds is 7. The van der Waals surface area contributed by atoms with Gasteiger partial charge in [-0.05, 0) is 37.5 Å². The van der Waals surface area contributed by atoms with Crippen LogP contribution in [0, 0.1) is 11.8 Å². The average Bonchev–Trinajstić information content (AvgIpc) is 2.59. The van der Waals surface area contributed by atoms with E-state index in [1.807, 2.05) is 4.90 Å². The summed E-state index contributed by atoms with van der Waals surface area (Å²) in [6, 6.07) is 0.752. The van der Waals surface area contributed by atoms with Gasteiger partial charge < -0.3 is 15.0 Å². The SMILES string of the molecule is COCCNCC(=O)N1CCN(C2CCC(C(C)C)CC2)CC1.Cl.Cl. The van der Waals surface area contributed by atoms with Crippen LogP contribution < -0.4 is 5.32 Å². The smallest absolute Gasteiger partial charge is 0.236 e. The molecule has 1 N–H and O–H groups in total. The minimum absolute atomic E-state index is 0. The van der Waals surface area contributed by atoms with E-state index in [4.69, 9.17) is 4.74 Å². The Morgan fingerprint density at radius 3 is 2.20 bits per heavy atom. The van der Waals surface area contributed by atoms with Crippen molar-refractivity contribution in [3.05, 3.63) is 0 Å². The summed E-state index contributed by atoms with van der Waals surface area (Å²) < 4.78 is 4.98. The molecule has 2 aliphatic rings. The molecule has 150 valence electrons. The number of amides is 1. The first kappa shape index (κ1) is 24.9. The second-order valence-corrected chi connectivity index (χ2v) is 7.40. The average molecular weight is 398 g/mol. The maximum Gasteiger partial charge on any atom is 0.236 e. The molecule has 0 atom stereocenters. The van der Waals surface area contributed by atoms with Crippen molar-refractivity contribution in [3.63, 3.8) is 0 Å². The normalized spacial score (nSPS) is 24.6. The molecule has 2 fully saturated rings. The molecule has 0 radical (unpaired) electrons. The molecule has 1 saturated carbocycles. The maximum absolute atomic E-state index is 12.2. The van der Waals surface area contributed by atoms with Gasteiger partial charge in [0, 0.05) is 45.9 Å². The number of halogens is 2. The third-order valence-electron chi connectivity index (χ3n) is 5.63. The lowest BCUT2D eigenvalue weighted by molar-refractivity contribution is -0.132. The van der Waals surface area contributed by atoms with Gasteiger partial charge in [-0.1, -0.05) is 13.8 Å². The molecule has 0 spiro atoms. The molecule has 0 aromatic heterocycles. The van der Waals surface area contributed by atoms with Crippen LogP contribution >= 0.6 is 24.8 Å². The number of hydrogen-bond donors (Lipinski definition) is 1. The quantitative estimate of drug-likeness (QED) is 0.669. The van der Waals surface area contributed by atoms with Crippen molar-refractivity contribution in [2.75, 3.05) is 53.0 Å². The lowest BCUT2D eigenvalue weighted by atomic mass is 9.79. The van der Waals surface area contributed by atoms with Crippen LogP contribution in [0.2, 0.25) is 0 Å². The first-order valence-corrected chi connectivity index (χ1v) is 9.33. The molecule has 7 heteroatoms. The third-order valence-corrected chi connectivity index (χ3v) is 5.63. The van der Waals surface area contributed by atoms with Gasteiger partial charge in [-0.15, -0.1) is 24.8 Å². The highest BCUT2D eigenvalue weighted by Gasteiger charge is 2.30. The largest absolute Gasteiger partial charge is 0.383 e. The first-order valence-electron chi connectivity index (χ1n) is 9.33. The summed E-state index contributed by atoms with van der Waals surface area (Å²) >= 11 is 0. The Morgan fingerprint density at radius 2 is 1.68 bits per heavy atom. The maximum atomic E-state index is 12.2. The third kappa shape index (κ3) is 8.00. The lowest BCUT2D eigenvalue weighted by Gasteiger charge is -2.42.